The van der Waals surface area contributed by atoms with Crippen LogP contribution in [-0.2, 0) is 0 Å². The highest BCUT2D eigenvalue weighted by atomic mass is 79.9. The second kappa shape index (κ2) is 7.43. The zero-order chi connectivity index (χ0) is 13.8. The van der Waals surface area contributed by atoms with Crippen molar-refractivity contribution < 1.29 is 9.90 Å². The Balaban J connectivity index is 0.00000200. The third-order valence-electron chi connectivity index (χ3n) is 2.44. The molecule has 6 heteroatoms. The Morgan fingerprint density at radius 2 is 2.00 bits per heavy atom. The average Bonchev–Trinajstić information content (AvgIpc) is 2.38. The van der Waals surface area contributed by atoms with Gasteiger partial charge in [0.15, 0.2) is 0 Å². The quantitative estimate of drug-likeness (QED) is 0.840. The predicted molar refractivity (Wildman–Crippen MR) is 86.5 cm³/mol. The summed E-state index contributed by atoms with van der Waals surface area (Å²) in [4.78, 5) is 15.1. The molecule has 0 aliphatic carbocycles. The van der Waals surface area contributed by atoms with E-state index in [2.05, 4.69) is 20.9 Å². The van der Waals surface area contributed by atoms with Crippen LogP contribution in [0.2, 0.25) is 5.02 Å². The van der Waals surface area contributed by atoms with Crippen LogP contribution < -0.4 is 0 Å². The molecule has 20 heavy (non-hydrogen) atoms. The van der Waals surface area contributed by atoms with Crippen LogP contribution in [0.15, 0.2) is 41.0 Å². The largest absolute Gasteiger partial charge is 0.478 e. The van der Waals surface area contributed by atoms with Gasteiger partial charge < -0.3 is 5.11 Å². The van der Waals surface area contributed by atoms with Crippen molar-refractivity contribution in [1.29, 1.82) is 0 Å². The van der Waals surface area contributed by atoms with Crippen LogP contribution in [0.25, 0.3) is 12.2 Å². The third-order valence-corrected chi connectivity index (χ3v) is 3.37. The van der Waals surface area contributed by atoms with Gasteiger partial charge in [-0.2, -0.15) is 0 Å². The zero-order valence-electron chi connectivity index (χ0n) is 10.1. The van der Waals surface area contributed by atoms with Crippen LogP contribution in [0.1, 0.15) is 21.6 Å². The number of carbonyl (C=O) groups is 1. The Kier molecular flexibility index (Phi) is 6.20. The molecular weight excluding hydrogens is 365 g/mol. The monoisotopic (exact) mass is 373 g/mol. The fourth-order valence-electron chi connectivity index (χ4n) is 1.53. The van der Waals surface area contributed by atoms with Crippen molar-refractivity contribution in [2.75, 3.05) is 0 Å². The van der Waals surface area contributed by atoms with Gasteiger partial charge in [0.25, 0.3) is 0 Å². The number of aromatic nitrogens is 1. The Labute approximate surface area is 135 Å². The van der Waals surface area contributed by atoms with E-state index < -0.39 is 5.97 Å². The second-order valence-corrected chi connectivity index (χ2v) is 5.04. The first-order valence-electron chi connectivity index (χ1n) is 5.39. The molecule has 0 bridgehead atoms. The van der Waals surface area contributed by atoms with Crippen molar-refractivity contribution in [1.82, 2.24) is 4.98 Å². The smallest absolute Gasteiger partial charge is 0.337 e. The summed E-state index contributed by atoms with van der Waals surface area (Å²) in [5.41, 5.74) is 1.39. The van der Waals surface area contributed by atoms with E-state index in [1.807, 2.05) is 24.3 Å². The highest BCUT2D eigenvalue weighted by Crippen LogP contribution is 2.20. The molecule has 1 aromatic carbocycles. The zero-order valence-corrected chi connectivity index (χ0v) is 13.2. The van der Waals surface area contributed by atoms with Gasteiger partial charge in [-0.05, 0) is 23.8 Å². The number of rotatable bonds is 3. The number of aromatic carboxylic acids is 1. The van der Waals surface area contributed by atoms with Crippen molar-refractivity contribution >= 4 is 58.1 Å². The van der Waals surface area contributed by atoms with Gasteiger partial charge in [-0.15, -0.1) is 12.4 Å². The SMILES string of the molecule is Cl.O=C(O)c1cc(Cl)cnc1/C=C/c1ccccc1Br. The van der Waals surface area contributed by atoms with Gasteiger partial charge >= 0.3 is 5.97 Å². The lowest BCUT2D eigenvalue weighted by molar-refractivity contribution is 0.0696. The van der Waals surface area contributed by atoms with Crippen LogP contribution in [0.5, 0.6) is 0 Å². The molecule has 1 aromatic heterocycles. The van der Waals surface area contributed by atoms with Crippen molar-refractivity contribution in [3.63, 3.8) is 0 Å². The average molecular weight is 375 g/mol. The van der Waals surface area contributed by atoms with Gasteiger partial charge in [0.05, 0.1) is 16.3 Å². The summed E-state index contributed by atoms with van der Waals surface area (Å²) in [6.45, 7) is 0. The Bertz CT molecular complexity index is 659. The number of carboxylic acid groups (broad SMARTS) is 1. The molecule has 0 saturated heterocycles. The molecule has 104 valence electrons. The topological polar surface area (TPSA) is 50.2 Å². The highest BCUT2D eigenvalue weighted by Gasteiger charge is 2.09. The van der Waals surface area contributed by atoms with Gasteiger partial charge in [0, 0.05) is 10.7 Å². The van der Waals surface area contributed by atoms with E-state index in [0.29, 0.717) is 10.7 Å². The minimum atomic E-state index is -1.05. The predicted octanol–water partition coefficient (Wildman–Crippen LogP) is 4.79. The number of carboxylic acids is 1. The molecule has 2 rings (SSSR count). The standard InChI is InChI=1S/C14H9BrClNO2.ClH/c15-12-4-2-1-3-9(12)5-6-13-11(14(18)19)7-10(16)8-17-13;/h1-8H,(H,18,19);1H/b6-5+;. The normalized spacial score (nSPS) is 10.3. The Morgan fingerprint density at radius 1 is 1.30 bits per heavy atom. The van der Waals surface area contributed by atoms with Gasteiger partial charge in [-0.3, -0.25) is 4.98 Å². The number of benzene rings is 1. The van der Waals surface area contributed by atoms with E-state index in [4.69, 9.17) is 16.7 Å². The van der Waals surface area contributed by atoms with Gasteiger partial charge in [-0.1, -0.05) is 51.8 Å². The van der Waals surface area contributed by atoms with E-state index in [1.165, 1.54) is 12.3 Å². The fraction of sp³-hybridized carbons (Fsp3) is 0. The third kappa shape index (κ3) is 4.07. The van der Waals surface area contributed by atoms with Crippen molar-refractivity contribution in [2.24, 2.45) is 0 Å². The van der Waals surface area contributed by atoms with Crippen LogP contribution in [-0.4, -0.2) is 16.1 Å². The molecule has 0 radical (unpaired) electrons. The molecule has 0 amide bonds. The summed E-state index contributed by atoms with van der Waals surface area (Å²) in [7, 11) is 0. The molecule has 0 aliphatic heterocycles. The van der Waals surface area contributed by atoms with E-state index in [-0.39, 0.29) is 18.0 Å². The van der Waals surface area contributed by atoms with Crippen LogP contribution >= 0.6 is 39.9 Å². The van der Waals surface area contributed by atoms with Crippen LogP contribution in [0.4, 0.5) is 0 Å². The van der Waals surface area contributed by atoms with Crippen molar-refractivity contribution in [3.8, 4) is 0 Å². The minimum absolute atomic E-state index is 0. The fourth-order valence-corrected chi connectivity index (χ4v) is 2.11. The first-order chi connectivity index (χ1) is 9.08. The lowest BCUT2D eigenvalue weighted by Crippen LogP contribution is -2.01. The molecule has 0 atom stereocenters. The second-order valence-electron chi connectivity index (χ2n) is 3.75. The van der Waals surface area contributed by atoms with Crippen molar-refractivity contribution in [3.05, 3.63) is 62.8 Å². The molecule has 0 saturated carbocycles. The highest BCUT2D eigenvalue weighted by molar-refractivity contribution is 9.10. The number of nitrogens with zero attached hydrogens (tertiary/aromatic N) is 1. The van der Waals surface area contributed by atoms with Gasteiger partial charge in [0.2, 0.25) is 0 Å². The molecule has 0 spiro atoms. The lowest BCUT2D eigenvalue weighted by Gasteiger charge is -2.01. The number of hydrogen-bond donors (Lipinski definition) is 1. The minimum Gasteiger partial charge on any atom is -0.478 e. The van der Waals surface area contributed by atoms with E-state index in [0.717, 1.165) is 10.0 Å². The molecular formula is C14H10BrCl2NO2. The molecule has 0 unspecified atom stereocenters. The van der Waals surface area contributed by atoms with Crippen LogP contribution in [0.3, 0.4) is 0 Å². The maximum absolute atomic E-state index is 11.1. The first kappa shape index (κ1) is 16.7. The molecule has 2 aromatic rings. The number of hydrogen-bond acceptors (Lipinski definition) is 2. The molecule has 0 fully saturated rings. The van der Waals surface area contributed by atoms with Gasteiger partial charge in [0.1, 0.15) is 0 Å². The summed E-state index contributed by atoms with van der Waals surface area (Å²) < 4.78 is 0.928. The molecule has 0 aliphatic rings. The molecule has 3 nitrogen and oxygen atoms in total. The summed E-state index contributed by atoms with van der Waals surface area (Å²) in [5.74, 6) is -1.05. The van der Waals surface area contributed by atoms with Crippen molar-refractivity contribution in [2.45, 2.75) is 0 Å². The summed E-state index contributed by atoms with van der Waals surface area (Å²) in [6, 6.07) is 9.02. The van der Waals surface area contributed by atoms with Gasteiger partial charge in [-0.25, -0.2) is 4.79 Å². The van der Waals surface area contributed by atoms with E-state index >= 15 is 0 Å². The number of halogens is 3. The summed E-state index contributed by atoms with van der Waals surface area (Å²) >= 11 is 9.17. The summed E-state index contributed by atoms with van der Waals surface area (Å²) in [6.07, 6.45) is 4.88. The lowest BCUT2D eigenvalue weighted by atomic mass is 10.1. The van der Waals surface area contributed by atoms with E-state index in [9.17, 15) is 4.79 Å². The van der Waals surface area contributed by atoms with Crippen LogP contribution in [0, 0.1) is 0 Å². The first-order valence-corrected chi connectivity index (χ1v) is 6.56. The Hall–Kier alpha value is -1.36. The maximum atomic E-state index is 11.1. The van der Waals surface area contributed by atoms with E-state index in [1.54, 1.807) is 12.2 Å². The molecule has 1 N–H and O–H groups in total. The maximum Gasteiger partial charge on any atom is 0.337 e. The summed E-state index contributed by atoms with van der Waals surface area (Å²) in [5, 5.41) is 9.40. The molecule has 1 heterocycles. The number of pyridine rings is 1. The Morgan fingerprint density at radius 3 is 2.65 bits per heavy atom.